The first-order valence-electron chi connectivity index (χ1n) is 6.92. The van der Waals surface area contributed by atoms with Crippen molar-refractivity contribution in [3.8, 4) is 0 Å². The molecule has 0 saturated carbocycles. The van der Waals surface area contributed by atoms with Gasteiger partial charge in [0.15, 0.2) is 0 Å². The fourth-order valence-electron chi connectivity index (χ4n) is 2.75. The summed E-state index contributed by atoms with van der Waals surface area (Å²) >= 11 is 5.92. The molecule has 6 heteroatoms. The molecule has 1 atom stereocenters. The van der Waals surface area contributed by atoms with Crippen LogP contribution >= 0.6 is 11.6 Å². The summed E-state index contributed by atoms with van der Waals surface area (Å²) in [5.41, 5.74) is -0.345. The molecule has 21 heavy (non-hydrogen) atoms. The van der Waals surface area contributed by atoms with Gasteiger partial charge in [0.1, 0.15) is 5.56 Å². The lowest BCUT2D eigenvalue weighted by Gasteiger charge is -2.31. The van der Waals surface area contributed by atoms with Crippen LogP contribution in [-0.2, 0) is 4.79 Å². The van der Waals surface area contributed by atoms with Gasteiger partial charge in [-0.05, 0) is 31.0 Å². The predicted molar refractivity (Wildman–Crippen MR) is 81.8 cm³/mol. The molecular formula is C15H19ClN2O3. The van der Waals surface area contributed by atoms with Crippen LogP contribution in [0.4, 0.5) is 5.69 Å². The van der Waals surface area contributed by atoms with Crippen molar-refractivity contribution in [3.63, 3.8) is 0 Å². The predicted octanol–water partition coefficient (Wildman–Crippen LogP) is 2.61. The van der Waals surface area contributed by atoms with Gasteiger partial charge in [0.25, 0.3) is 0 Å². The van der Waals surface area contributed by atoms with Crippen molar-refractivity contribution in [2.24, 2.45) is 11.3 Å². The molecule has 0 aromatic heterocycles. The molecule has 114 valence electrons. The number of anilines is 1. The van der Waals surface area contributed by atoms with E-state index in [0.717, 1.165) is 13.0 Å². The van der Waals surface area contributed by atoms with Gasteiger partial charge in [-0.15, -0.1) is 0 Å². The number of halogens is 1. The van der Waals surface area contributed by atoms with Crippen LogP contribution in [0, 0.1) is 11.3 Å². The second kappa shape index (κ2) is 6.03. The average molecular weight is 311 g/mol. The van der Waals surface area contributed by atoms with E-state index in [-0.39, 0.29) is 28.1 Å². The summed E-state index contributed by atoms with van der Waals surface area (Å²) in [5.74, 6) is -1.16. The van der Waals surface area contributed by atoms with E-state index in [9.17, 15) is 14.7 Å². The van der Waals surface area contributed by atoms with Crippen LogP contribution in [-0.4, -0.2) is 30.1 Å². The van der Waals surface area contributed by atoms with Crippen LogP contribution in [0.15, 0.2) is 18.2 Å². The lowest BCUT2D eigenvalue weighted by molar-refractivity contribution is -0.126. The van der Waals surface area contributed by atoms with Gasteiger partial charge in [-0.1, -0.05) is 31.5 Å². The molecule has 1 heterocycles. The molecule has 1 unspecified atom stereocenters. The van der Waals surface area contributed by atoms with Crippen molar-refractivity contribution in [2.75, 3.05) is 18.4 Å². The smallest absolute Gasteiger partial charge is 0.339 e. The number of aromatic carboxylic acids is 1. The van der Waals surface area contributed by atoms with Crippen LogP contribution in [0.1, 0.15) is 30.6 Å². The minimum Gasteiger partial charge on any atom is -0.478 e. The number of carboxylic acids is 1. The summed E-state index contributed by atoms with van der Waals surface area (Å²) < 4.78 is 0. The third kappa shape index (κ3) is 2.89. The third-order valence-corrected chi connectivity index (χ3v) is 4.54. The Balaban J connectivity index is 2.32. The summed E-state index contributed by atoms with van der Waals surface area (Å²) in [7, 11) is 0. The van der Waals surface area contributed by atoms with Crippen LogP contribution in [0.3, 0.4) is 0 Å². The zero-order valence-corrected chi connectivity index (χ0v) is 12.8. The van der Waals surface area contributed by atoms with Gasteiger partial charge >= 0.3 is 5.97 Å². The molecule has 3 N–H and O–H groups in total. The zero-order valence-electron chi connectivity index (χ0n) is 12.1. The van der Waals surface area contributed by atoms with Crippen LogP contribution in [0.25, 0.3) is 0 Å². The molecular weight excluding hydrogens is 292 g/mol. The molecule has 1 fully saturated rings. The Morgan fingerprint density at radius 1 is 1.43 bits per heavy atom. The molecule has 1 aromatic carbocycles. The lowest BCUT2D eigenvalue weighted by atomic mass is 9.75. The van der Waals surface area contributed by atoms with E-state index in [1.807, 2.05) is 13.8 Å². The van der Waals surface area contributed by atoms with Crippen molar-refractivity contribution in [1.29, 1.82) is 0 Å². The van der Waals surface area contributed by atoms with Crippen molar-refractivity contribution < 1.29 is 14.7 Å². The Kier molecular flexibility index (Phi) is 4.54. The molecule has 1 amide bonds. The largest absolute Gasteiger partial charge is 0.478 e. The fraction of sp³-hybridized carbons (Fsp3) is 0.467. The second-order valence-corrected chi connectivity index (χ2v) is 6.07. The Hall–Kier alpha value is -1.59. The topological polar surface area (TPSA) is 78.4 Å². The number of benzene rings is 1. The number of carbonyl (C=O) groups excluding carboxylic acids is 1. The summed E-state index contributed by atoms with van der Waals surface area (Å²) in [6, 6.07) is 4.68. The summed E-state index contributed by atoms with van der Waals surface area (Å²) in [6.07, 6.45) is 0.736. The number of hydrogen-bond acceptors (Lipinski definition) is 3. The molecule has 0 spiro atoms. The third-order valence-electron chi connectivity index (χ3n) is 4.22. The molecule has 0 bridgehead atoms. The van der Waals surface area contributed by atoms with Gasteiger partial charge in [0.05, 0.1) is 16.1 Å². The first kappa shape index (κ1) is 15.8. The molecule has 2 rings (SSSR count). The van der Waals surface area contributed by atoms with Gasteiger partial charge in [-0.2, -0.15) is 0 Å². The first-order chi connectivity index (χ1) is 9.88. The number of amides is 1. The average Bonchev–Trinajstić information content (AvgIpc) is 2.88. The standard InChI is InChI=1S/C15H19ClN2O3/c1-9(2)15(6-7-17-8-15)14(21)18-11-5-3-4-10(16)12(11)13(19)20/h3-5,9,17H,6-8H2,1-2H3,(H,18,21)(H,19,20). The second-order valence-electron chi connectivity index (χ2n) is 5.66. The zero-order chi connectivity index (χ0) is 15.6. The minimum atomic E-state index is -1.15. The van der Waals surface area contributed by atoms with Gasteiger partial charge < -0.3 is 15.7 Å². The highest BCUT2D eigenvalue weighted by atomic mass is 35.5. The van der Waals surface area contributed by atoms with E-state index in [4.69, 9.17) is 11.6 Å². The van der Waals surface area contributed by atoms with E-state index < -0.39 is 11.4 Å². The van der Waals surface area contributed by atoms with Crippen molar-refractivity contribution in [2.45, 2.75) is 20.3 Å². The van der Waals surface area contributed by atoms with E-state index in [2.05, 4.69) is 10.6 Å². The molecule has 1 aliphatic rings. The van der Waals surface area contributed by atoms with Gasteiger partial charge in [0, 0.05) is 6.54 Å². The number of rotatable bonds is 4. The molecule has 1 aromatic rings. The van der Waals surface area contributed by atoms with E-state index in [0.29, 0.717) is 6.54 Å². The molecule has 1 aliphatic heterocycles. The van der Waals surface area contributed by atoms with Gasteiger partial charge in [0.2, 0.25) is 5.91 Å². The lowest BCUT2D eigenvalue weighted by Crippen LogP contribution is -2.42. The van der Waals surface area contributed by atoms with Gasteiger partial charge in [-0.25, -0.2) is 4.79 Å². The van der Waals surface area contributed by atoms with E-state index >= 15 is 0 Å². The fourth-order valence-corrected chi connectivity index (χ4v) is 3.01. The normalized spacial score (nSPS) is 21.5. The van der Waals surface area contributed by atoms with Crippen LogP contribution in [0.5, 0.6) is 0 Å². The molecule has 0 aliphatic carbocycles. The van der Waals surface area contributed by atoms with Crippen molar-refractivity contribution in [3.05, 3.63) is 28.8 Å². The highest BCUT2D eigenvalue weighted by Crippen LogP contribution is 2.36. The Labute approximate surface area is 128 Å². The monoisotopic (exact) mass is 310 g/mol. The van der Waals surface area contributed by atoms with E-state index in [1.54, 1.807) is 12.1 Å². The van der Waals surface area contributed by atoms with Crippen molar-refractivity contribution in [1.82, 2.24) is 5.32 Å². The highest BCUT2D eigenvalue weighted by molar-refractivity contribution is 6.34. The molecule has 5 nitrogen and oxygen atoms in total. The molecule has 1 saturated heterocycles. The maximum absolute atomic E-state index is 12.7. The maximum Gasteiger partial charge on any atom is 0.339 e. The first-order valence-corrected chi connectivity index (χ1v) is 7.30. The number of carboxylic acid groups (broad SMARTS) is 1. The van der Waals surface area contributed by atoms with Crippen molar-refractivity contribution >= 4 is 29.2 Å². The Morgan fingerprint density at radius 3 is 2.67 bits per heavy atom. The number of carbonyl (C=O) groups is 2. The summed E-state index contributed by atoms with van der Waals surface area (Å²) in [4.78, 5) is 24.0. The van der Waals surface area contributed by atoms with E-state index in [1.165, 1.54) is 6.07 Å². The number of hydrogen-bond donors (Lipinski definition) is 3. The Bertz CT molecular complexity index is 566. The van der Waals surface area contributed by atoms with Crippen LogP contribution < -0.4 is 10.6 Å². The quantitative estimate of drug-likeness (QED) is 0.799. The Morgan fingerprint density at radius 2 is 2.14 bits per heavy atom. The van der Waals surface area contributed by atoms with Crippen LogP contribution in [0.2, 0.25) is 5.02 Å². The SMILES string of the molecule is CC(C)C1(C(=O)Nc2cccc(Cl)c2C(=O)O)CCNC1. The summed E-state index contributed by atoms with van der Waals surface area (Å²) in [5, 5.41) is 15.3. The molecule has 0 radical (unpaired) electrons. The highest BCUT2D eigenvalue weighted by Gasteiger charge is 2.44. The van der Waals surface area contributed by atoms with Gasteiger partial charge in [-0.3, -0.25) is 4.79 Å². The number of nitrogens with one attached hydrogen (secondary N) is 2. The summed E-state index contributed by atoms with van der Waals surface area (Å²) in [6.45, 7) is 5.39. The maximum atomic E-state index is 12.7. The minimum absolute atomic E-state index is 0.0719.